The summed E-state index contributed by atoms with van der Waals surface area (Å²) >= 11 is 0. The number of fused-ring (bicyclic) bond motifs is 1. The Morgan fingerprint density at radius 2 is 1.81 bits per heavy atom. The van der Waals surface area contributed by atoms with Gasteiger partial charge in [0.2, 0.25) is 6.23 Å². The largest absolute Gasteiger partial charge is 0.499 e. The summed E-state index contributed by atoms with van der Waals surface area (Å²) in [5, 5.41) is 21.1. The van der Waals surface area contributed by atoms with Crippen LogP contribution in [0.4, 0.5) is 11.6 Å². The van der Waals surface area contributed by atoms with Gasteiger partial charge < -0.3 is 45.8 Å². The Bertz CT molecular complexity index is 1600. The third-order valence-electron chi connectivity index (χ3n) is 6.47. The van der Waals surface area contributed by atoms with E-state index < -0.39 is 77.5 Å². The van der Waals surface area contributed by atoms with Crippen LogP contribution in [0.15, 0.2) is 29.7 Å². The fourth-order valence-electron chi connectivity index (χ4n) is 4.51. The second-order valence-corrected chi connectivity index (χ2v) is 11.9. The number of nitrogens with zero attached hydrogens (tertiary/aromatic N) is 5. The van der Waals surface area contributed by atoms with Gasteiger partial charge in [-0.25, -0.2) is 24.1 Å². The van der Waals surface area contributed by atoms with Gasteiger partial charge in [0.15, 0.2) is 23.5 Å². The molecule has 42 heavy (non-hydrogen) atoms. The summed E-state index contributed by atoms with van der Waals surface area (Å²) in [4.78, 5) is 55.2. The first-order chi connectivity index (χ1) is 19.7. The third kappa shape index (κ3) is 6.52. The SMILES string of the molecule is Nc1cc[n+]([C@H]2C[C@H](OP(=O)(O)OC[C@H]3O[C@@H](n4cnc5c(N)ncnc54)[C@H](O)[C@@H]3O)[C@@H](COP(=O)(O)O)O2)c(=O)[nH]1. The van der Waals surface area contributed by atoms with Crippen LogP contribution in [0.5, 0.6) is 0 Å². The molecule has 2 fully saturated rings. The lowest BCUT2D eigenvalue weighted by molar-refractivity contribution is -0.773. The molecule has 2 saturated heterocycles. The van der Waals surface area contributed by atoms with Gasteiger partial charge in [-0.1, -0.05) is 0 Å². The van der Waals surface area contributed by atoms with E-state index in [1.807, 2.05) is 0 Å². The number of phosphoric acid groups is 2. The minimum Gasteiger partial charge on any atom is -0.387 e. The highest BCUT2D eigenvalue weighted by molar-refractivity contribution is 7.47. The van der Waals surface area contributed by atoms with Crippen molar-refractivity contribution in [1.82, 2.24) is 24.5 Å². The molecule has 10 N–H and O–H groups in total. The molecule has 0 spiro atoms. The highest BCUT2D eigenvalue weighted by Crippen LogP contribution is 2.49. The zero-order valence-corrected chi connectivity index (χ0v) is 23.0. The number of nitrogens with one attached hydrogen (secondary N) is 1. The monoisotopic (exact) mass is 637 g/mol. The summed E-state index contributed by atoms with van der Waals surface area (Å²) in [7, 11) is -9.95. The maximum atomic E-state index is 12.9. The van der Waals surface area contributed by atoms with Gasteiger partial charge >= 0.3 is 21.3 Å². The summed E-state index contributed by atoms with van der Waals surface area (Å²) in [6.07, 6.45) is -5.99. The highest BCUT2D eigenvalue weighted by Gasteiger charge is 2.48. The fourth-order valence-corrected chi connectivity index (χ4v) is 5.81. The number of anilines is 2. The van der Waals surface area contributed by atoms with E-state index in [0.29, 0.717) is 0 Å². The molecular weight excluding hydrogens is 610 g/mol. The van der Waals surface area contributed by atoms with E-state index in [4.69, 9.17) is 39.8 Å². The molecule has 2 aliphatic rings. The van der Waals surface area contributed by atoms with Gasteiger partial charge in [-0.15, -0.1) is 0 Å². The molecule has 23 heteroatoms. The number of aliphatic hydroxyl groups excluding tert-OH is 2. The van der Waals surface area contributed by atoms with Gasteiger partial charge in [-0.3, -0.25) is 18.1 Å². The summed E-state index contributed by atoms with van der Waals surface area (Å²) in [5.41, 5.74) is 11.1. The van der Waals surface area contributed by atoms with Crippen LogP contribution in [0.1, 0.15) is 18.9 Å². The molecule has 5 heterocycles. The number of aromatic amines is 1. The average Bonchev–Trinajstić information content (AvgIpc) is 3.58. The lowest BCUT2D eigenvalue weighted by Gasteiger charge is -2.22. The van der Waals surface area contributed by atoms with Crippen LogP contribution in [0.2, 0.25) is 0 Å². The quantitative estimate of drug-likeness (QED) is 0.0821. The van der Waals surface area contributed by atoms with Crippen molar-refractivity contribution in [2.24, 2.45) is 0 Å². The Hall–Kier alpha value is -2.91. The van der Waals surface area contributed by atoms with E-state index in [-0.39, 0.29) is 29.2 Å². The second-order valence-electron chi connectivity index (χ2n) is 9.30. The van der Waals surface area contributed by atoms with Gasteiger partial charge in [0.05, 0.1) is 19.5 Å². The molecule has 1 unspecified atom stereocenters. The van der Waals surface area contributed by atoms with Crippen molar-refractivity contribution in [2.75, 3.05) is 24.7 Å². The van der Waals surface area contributed by atoms with E-state index in [1.54, 1.807) is 0 Å². The van der Waals surface area contributed by atoms with Crippen LogP contribution in [0.25, 0.3) is 11.2 Å². The van der Waals surface area contributed by atoms with Crippen LogP contribution < -0.4 is 21.7 Å². The number of hydrogen-bond acceptors (Lipinski definition) is 15. The van der Waals surface area contributed by atoms with Crippen molar-refractivity contribution < 1.29 is 61.6 Å². The van der Waals surface area contributed by atoms with Crippen LogP contribution in [0, 0.1) is 0 Å². The van der Waals surface area contributed by atoms with E-state index in [2.05, 4.69) is 24.5 Å². The van der Waals surface area contributed by atoms with Crippen LogP contribution >= 0.6 is 15.6 Å². The van der Waals surface area contributed by atoms with Gasteiger partial charge in [-0.2, -0.15) is 14.3 Å². The van der Waals surface area contributed by atoms with Crippen LogP contribution in [-0.4, -0.2) is 93.1 Å². The molecule has 5 rings (SSSR count). The van der Waals surface area contributed by atoms with E-state index >= 15 is 0 Å². The molecular formula is C19H27N8O13P2+. The van der Waals surface area contributed by atoms with Crippen molar-refractivity contribution in [2.45, 2.75) is 49.4 Å². The molecule has 0 bridgehead atoms. The number of aliphatic hydroxyl groups is 2. The van der Waals surface area contributed by atoms with Gasteiger partial charge in [0.25, 0.3) is 0 Å². The van der Waals surface area contributed by atoms with E-state index in [1.165, 1.54) is 29.5 Å². The zero-order valence-electron chi connectivity index (χ0n) is 21.3. The summed E-state index contributed by atoms with van der Waals surface area (Å²) in [6, 6.07) is 1.35. The molecule has 230 valence electrons. The molecule has 2 aliphatic heterocycles. The molecule has 21 nitrogen and oxygen atoms in total. The average molecular weight is 637 g/mol. The Balaban J connectivity index is 1.26. The lowest BCUT2D eigenvalue weighted by Crippen LogP contribution is -2.54. The molecule has 0 aliphatic carbocycles. The Morgan fingerprint density at radius 1 is 1.07 bits per heavy atom. The van der Waals surface area contributed by atoms with Crippen molar-refractivity contribution >= 4 is 38.4 Å². The molecule has 0 aromatic carbocycles. The highest BCUT2D eigenvalue weighted by atomic mass is 31.2. The maximum absolute atomic E-state index is 12.9. The molecule has 0 amide bonds. The number of hydrogen-bond donors (Lipinski definition) is 8. The Morgan fingerprint density at radius 3 is 2.52 bits per heavy atom. The summed E-state index contributed by atoms with van der Waals surface area (Å²) in [5.74, 6) is 0.131. The number of nitrogens with two attached hydrogens (primary N) is 2. The second kappa shape index (κ2) is 11.6. The minimum absolute atomic E-state index is 0.0546. The topological polar surface area (TPSA) is 314 Å². The minimum atomic E-state index is -4.98. The third-order valence-corrected chi connectivity index (χ3v) is 7.97. The van der Waals surface area contributed by atoms with E-state index in [9.17, 15) is 29.0 Å². The first-order valence-electron chi connectivity index (χ1n) is 12.1. The van der Waals surface area contributed by atoms with Crippen molar-refractivity contribution in [3.05, 3.63) is 35.4 Å². The first kappa shape index (κ1) is 30.5. The fraction of sp³-hybridized carbons (Fsp3) is 0.526. The van der Waals surface area contributed by atoms with Crippen LogP contribution in [-0.2, 0) is 32.2 Å². The normalized spacial score (nSPS) is 29.7. The summed E-state index contributed by atoms with van der Waals surface area (Å²) < 4.78 is 52.4. The zero-order chi connectivity index (χ0) is 30.4. The van der Waals surface area contributed by atoms with Crippen molar-refractivity contribution in [1.29, 1.82) is 0 Å². The smallest absolute Gasteiger partial charge is 0.387 e. The molecule has 3 aromatic rings. The number of aromatic nitrogens is 6. The van der Waals surface area contributed by atoms with Crippen molar-refractivity contribution in [3.63, 3.8) is 0 Å². The van der Waals surface area contributed by atoms with Gasteiger partial charge in [0, 0.05) is 12.5 Å². The molecule has 0 radical (unpaired) electrons. The van der Waals surface area contributed by atoms with E-state index in [0.717, 1.165) is 4.57 Å². The molecule has 8 atom stereocenters. The van der Waals surface area contributed by atoms with Gasteiger partial charge in [-0.05, 0) is 0 Å². The van der Waals surface area contributed by atoms with Gasteiger partial charge in [0.1, 0.15) is 48.6 Å². The lowest BCUT2D eigenvalue weighted by atomic mass is 10.1. The Labute approximate surface area is 234 Å². The number of imidazole rings is 1. The number of rotatable bonds is 10. The maximum Gasteiger partial charge on any atom is 0.499 e. The molecule has 3 aromatic heterocycles. The van der Waals surface area contributed by atoms with Crippen molar-refractivity contribution in [3.8, 4) is 0 Å². The molecule has 0 saturated carbocycles. The Kier molecular flexibility index (Phi) is 8.47. The van der Waals surface area contributed by atoms with Crippen LogP contribution in [0.3, 0.4) is 0 Å². The standard InChI is InChI=1S/C19H26N8O13P2/c20-11-1-2-26(19(30)25-11)12-3-8(9(38-12)4-36-41(31,32)33)40-42(34,35)37-5-10-14(28)15(29)18(39-10)27-7-24-13-16(21)22-6-23-17(13)27/h1-2,6-10,12,14-15,18,28-29H,3-5H2,(H7,20,21,22,23,25,30,31,32,33,34,35)/p+1/t8-,9+,10+,12+,14+,15+,18+/m0/s1. The predicted molar refractivity (Wildman–Crippen MR) is 135 cm³/mol. The summed E-state index contributed by atoms with van der Waals surface area (Å²) in [6.45, 7) is -1.51. The first-order valence-corrected chi connectivity index (χ1v) is 15.1. The predicted octanol–water partition coefficient (Wildman–Crippen LogP) is -2.82. The number of H-pyrrole nitrogens is 1. The number of ether oxygens (including phenoxy) is 2. The number of phosphoric ester groups is 2. The number of nitrogen functional groups attached to an aromatic ring is 2.